The Bertz CT molecular complexity index is 1760. The zero-order chi connectivity index (χ0) is 58.5. The molecule has 1 atom stereocenters. The molecule has 0 aliphatic rings. The largest absolute Gasteiger partial charge is 0.462 e. The van der Waals surface area contributed by atoms with Crippen LogP contribution in [0.15, 0.2) is 146 Å². The quantitative estimate of drug-likeness (QED) is 0.0261. The van der Waals surface area contributed by atoms with Crippen LogP contribution < -0.4 is 0 Å². The molecule has 0 fully saturated rings. The van der Waals surface area contributed by atoms with E-state index in [9.17, 15) is 14.4 Å². The van der Waals surface area contributed by atoms with Crippen LogP contribution in [0.3, 0.4) is 0 Å². The molecule has 0 amide bonds. The molecular weight excluding hydrogens is 997 g/mol. The Morgan fingerprint density at radius 1 is 0.259 bits per heavy atom. The molecule has 0 rings (SSSR count). The fourth-order valence-corrected chi connectivity index (χ4v) is 8.93. The SMILES string of the molecule is CC/C=C\C/C=C\C/C=C\C/C=C\C/C=C\C/C=C\C/C=C\CCCCCCCCCCCCCC(=O)OCC(COC(=O)CCCCCCCCCCCCCCC)OC(=O)CCC/C=C\C/C=C\C/C=C\C/C=C\C/C=C\CC. The Morgan fingerprint density at radius 2 is 0.494 bits per heavy atom. The third-order valence-corrected chi connectivity index (χ3v) is 13.8. The highest BCUT2D eigenvalue weighted by Gasteiger charge is 2.19. The van der Waals surface area contributed by atoms with Gasteiger partial charge in [-0.15, -0.1) is 0 Å². The molecule has 0 bridgehead atoms. The van der Waals surface area contributed by atoms with Gasteiger partial charge in [0.05, 0.1) is 0 Å². The molecule has 0 radical (unpaired) electrons. The zero-order valence-electron chi connectivity index (χ0n) is 52.5. The van der Waals surface area contributed by atoms with E-state index in [-0.39, 0.29) is 37.5 Å². The van der Waals surface area contributed by atoms with Crippen molar-refractivity contribution < 1.29 is 28.6 Å². The topological polar surface area (TPSA) is 78.9 Å². The normalized spacial score (nSPS) is 13.1. The number of ether oxygens (including phenoxy) is 3. The first kappa shape index (κ1) is 76.3. The molecule has 0 heterocycles. The average molecular weight is 1120 g/mol. The summed E-state index contributed by atoms with van der Waals surface area (Å²) in [6.45, 7) is 6.37. The van der Waals surface area contributed by atoms with Gasteiger partial charge in [-0.2, -0.15) is 0 Å². The first-order valence-corrected chi connectivity index (χ1v) is 33.3. The van der Waals surface area contributed by atoms with Gasteiger partial charge < -0.3 is 14.2 Å². The van der Waals surface area contributed by atoms with Crippen molar-refractivity contribution in [3.63, 3.8) is 0 Å². The van der Waals surface area contributed by atoms with Crippen LogP contribution in [-0.4, -0.2) is 37.2 Å². The molecule has 6 heteroatoms. The van der Waals surface area contributed by atoms with Crippen molar-refractivity contribution in [1.29, 1.82) is 0 Å². The second-order valence-electron chi connectivity index (χ2n) is 21.6. The van der Waals surface area contributed by atoms with E-state index < -0.39 is 6.10 Å². The maximum absolute atomic E-state index is 12.9. The summed E-state index contributed by atoms with van der Waals surface area (Å²) in [4.78, 5) is 38.3. The van der Waals surface area contributed by atoms with E-state index >= 15 is 0 Å². The van der Waals surface area contributed by atoms with Gasteiger partial charge in [0.15, 0.2) is 6.10 Å². The van der Waals surface area contributed by atoms with Crippen LogP contribution in [0.4, 0.5) is 0 Å². The lowest BCUT2D eigenvalue weighted by molar-refractivity contribution is -0.167. The summed E-state index contributed by atoms with van der Waals surface area (Å²) in [5.41, 5.74) is 0. The van der Waals surface area contributed by atoms with Gasteiger partial charge in [-0.05, 0) is 116 Å². The molecule has 0 aromatic heterocycles. The summed E-state index contributed by atoms with van der Waals surface area (Å²) in [7, 11) is 0. The van der Waals surface area contributed by atoms with E-state index in [1.807, 2.05) is 0 Å². The Balaban J connectivity index is 4.30. The van der Waals surface area contributed by atoms with Crippen molar-refractivity contribution in [1.82, 2.24) is 0 Å². The molecule has 81 heavy (non-hydrogen) atoms. The van der Waals surface area contributed by atoms with Gasteiger partial charge in [0.1, 0.15) is 13.2 Å². The lowest BCUT2D eigenvalue weighted by Crippen LogP contribution is -2.30. The van der Waals surface area contributed by atoms with E-state index in [4.69, 9.17) is 14.2 Å². The minimum atomic E-state index is -0.813. The van der Waals surface area contributed by atoms with Crippen molar-refractivity contribution in [2.24, 2.45) is 0 Å². The second-order valence-corrected chi connectivity index (χ2v) is 21.6. The maximum Gasteiger partial charge on any atom is 0.306 e. The molecule has 6 nitrogen and oxygen atoms in total. The number of esters is 3. The summed E-state index contributed by atoms with van der Waals surface area (Å²) in [5, 5.41) is 0. The van der Waals surface area contributed by atoms with Crippen LogP contribution >= 0.6 is 0 Å². The molecule has 0 N–H and O–H groups in total. The summed E-state index contributed by atoms with van der Waals surface area (Å²) in [5.74, 6) is -0.961. The predicted molar refractivity (Wildman–Crippen MR) is 352 cm³/mol. The predicted octanol–water partition coefficient (Wildman–Crippen LogP) is 23.1. The number of carbonyl (C=O) groups is 3. The average Bonchev–Trinajstić information content (AvgIpc) is 3.46. The van der Waals surface area contributed by atoms with Gasteiger partial charge in [-0.1, -0.05) is 301 Å². The first-order valence-electron chi connectivity index (χ1n) is 33.3. The van der Waals surface area contributed by atoms with Gasteiger partial charge >= 0.3 is 17.9 Å². The molecule has 0 aliphatic heterocycles. The second kappa shape index (κ2) is 67.8. The van der Waals surface area contributed by atoms with E-state index in [1.165, 1.54) is 122 Å². The number of unbranched alkanes of at least 4 members (excludes halogenated alkanes) is 24. The molecule has 458 valence electrons. The number of hydrogen-bond acceptors (Lipinski definition) is 6. The van der Waals surface area contributed by atoms with E-state index in [0.717, 1.165) is 122 Å². The fourth-order valence-electron chi connectivity index (χ4n) is 8.93. The summed E-state index contributed by atoms with van der Waals surface area (Å²) >= 11 is 0. The van der Waals surface area contributed by atoms with Crippen LogP contribution in [0.2, 0.25) is 0 Å². The van der Waals surface area contributed by atoms with E-state index in [1.54, 1.807) is 0 Å². The zero-order valence-corrected chi connectivity index (χ0v) is 52.5. The number of hydrogen-bond donors (Lipinski definition) is 0. The minimum Gasteiger partial charge on any atom is -0.462 e. The van der Waals surface area contributed by atoms with Gasteiger partial charge in [-0.25, -0.2) is 0 Å². The lowest BCUT2D eigenvalue weighted by Gasteiger charge is -2.18. The molecular formula is C75H122O6. The molecule has 0 aromatic carbocycles. The van der Waals surface area contributed by atoms with Crippen molar-refractivity contribution in [2.75, 3.05) is 13.2 Å². The van der Waals surface area contributed by atoms with Crippen molar-refractivity contribution in [3.8, 4) is 0 Å². The van der Waals surface area contributed by atoms with Crippen LogP contribution in [0.1, 0.15) is 290 Å². The summed E-state index contributed by atoms with van der Waals surface area (Å²) in [6.07, 6.45) is 97.3. The maximum atomic E-state index is 12.9. The molecule has 0 aromatic rings. The van der Waals surface area contributed by atoms with Crippen LogP contribution in [0, 0.1) is 0 Å². The monoisotopic (exact) mass is 1120 g/mol. The van der Waals surface area contributed by atoms with Gasteiger partial charge in [0.2, 0.25) is 0 Å². The highest BCUT2D eigenvalue weighted by Crippen LogP contribution is 2.16. The highest BCUT2D eigenvalue weighted by molar-refractivity contribution is 5.71. The third kappa shape index (κ3) is 66.0. The van der Waals surface area contributed by atoms with E-state index in [0.29, 0.717) is 19.3 Å². The molecule has 0 spiro atoms. The summed E-state index contributed by atoms with van der Waals surface area (Å²) in [6, 6.07) is 0. The van der Waals surface area contributed by atoms with Crippen molar-refractivity contribution in [3.05, 3.63) is 146 Å². The smallest absolute Gasteiger partial charge is 0.306 e. The molecule has 0 saturated heterocycles. The number of rotatable bonds is 59. The summed E-state index contributed by atoms with van der Waals surface area (Å²) < 4.78 is 16.9. The first-order chi connectivity index (χ1) is 40.0. The molecule has 0 saturated carbocycles. The Hall–Kier alpha value is -4.71. The third-order valence-electron chi connectivity index (χ3n) is 13.8. The Labute approximate surface area is 499 Å². The molecule has 0 aliphatic carbocycles. The Morgan fingerprint density at radius 3 is 0.790 bits per heavy atom. The standard InChI is InChI=1S/C75H122O6/c1-4-7-10-13-16-19-22-25-27-29-30-31-32-33-34-35-36-37-38-39-40-41-42-43-44-46-47-50-53-56-59-62-65-68-74(77)80-71-72(70-79-73(76)67-64-61-58-55-52-49-24-21-18-15-12-9-6-3)81-75(78)69-66-63-60-57-54-51-48-45-28-26-23-20-17-14-11-8-5-2/h7-8,10-11,16-17,19-20,25-28,30-31,33-34,36-37,39-40,48,51,57,60,72H,4-6,9,12-15,18,21-24,29,32,35,38,41-47,49-50,52-56,58-59,61-71H2,1-3H3/b10-7-,11-8-,19-16-,20-17-,27-25-,28-26-,31-30-,34-33-,37-36-,40-39-,51-48-,60-57-. The van der Waals surface area contributed by atoms with Gasteiger partial charge in [-0.3, -0.25) is 14.4 Å². The van der Waals surface area contributed by atoms with Crippen LogP contribution in [-0.2, 0) is 28.6 Å². The fraction of sp³-hybridized carbons (Fsp3) is 0.640. The lowest BCUT2D eigenvalue weighted by atomic mass is 10.0. The van der Waals surface area contributed by atoms with Gasteiger partial charge in [0.25, 0.3) is 0 Å². The number of carbonyl (C=O) groups excluding carboxylic acids is 3. The van der Waals surface area contributed by atoms with Crippen molar-refractivity contribution >= 4 is 17.9 Å². The van der Waals surface area contributed by atoms with Crippen LogP contribution in [0.5, 0.6) is 0 Å². The van der Waals surface area contributed by atoms with Crippen molar-refractivity contribution in [2.45, 2.75) is 297 Å². The van der Waals surface area contributed by atoms with Crippen LogP contribution in [0.25, 0.3) is 0 Å². The number of allylic oxidation sites excluding steroid dienone is 24. The van der Waals surface area contributed by atoms with Gasteiger partial charge in [0, 0.05) is 19.3 Å². The molecule has 1 unspecified atom stereocenters. The highest BCUT2D eigenvalue weighted by atomic mass is 16.6. The Kier molecular flexibility index (Phi) is 63.9. The van der Waals surface area contributed by atoms with E-state index in [2.05, 4.69) is 167 Å². The minimum absolute atomic E-state index is 0.102.